The zero-order valence-corrected chi connectivity index (χ0v) is 17.1. The van der Waals surface area contributed by atoms with Crippen molar-refractivity contribution in [3.05, 3.63) is 35.9 Å². The second-order valence-corrected chi connectivity index (χ2v) is 8.65. The molecule has 1 unspecified atom stereocenters. The van der Waals surface area contributed by atoms with Crippen molar-refractivity contribution >= 4 is 12.1 Å². The van der Waals surface area contributed by atoms with Crippen LogP contribution in [0.15, 0.2) is 30.3 Å². The van der Waals surface area contributed by atoms with E-state index >= 15 is 0 Å². The molecule has 1 aromatic carbocycles. The molecule has 0 aromatic heterocycles. The monoisotopic (exact) mass is 389 g/mol. The van der Waals surface area contributed by atoms with Gasteiger partial charge in [-0.1, -0.05) is 30.3 Å². The van der Waals surface area contributed by atoms with Crippen molar-refractivity contribution in [3.63, 3.8) is 0 Å². The summed E-state index contributed by atoms with van der Waals surface area (Å²) in [4.78, 5) is 26.9. The molecule has 28 heavy (non-hydrogen) atoms. The second-order valence-electron chi connectivity index (χ2n) is 8.65. The Bertz CT molecular complexity index is 663. The fraction of sp³-hybridized carbons (Fsp3) is 0.636. The van der Waals surface area contributed by atoms with Crippen molar-refractivity contribution < 1.29 is 23.8 Å². The molecule has 2 fully saturated rings. The minimum absolute atomic E-state index is 0.0303. The molecule has 1 heterocycles. The van der Waals surface area contributed by atoms with Gasteiger partial charge >= 0.3 is 12.1 Å². The lowest BCUT2D eigenvalue weighted by Crippen LogP contribution is -2.44. The number of benzene rings is 1. The molecule has 1 saturated carbocycles. The molecular formula is C22H31NO5. The molecule has 3 rings (SSSR count). The molecule has 0 radical (unpaired) electrons. The Morgan fingerprint density at radius 1 is 1.07 bits per heavy atom. The summed E-state index contributed by atoms with van der Waals surface area (Å²) < 4.78 is 17.2. The molecule has 154 valence electrons. The number of carbonyl (C=O) groups is 2. The average Bonchev–Trinajstić information content (AvgIpc) is 3.29. The highest BCUT2D eigenvalue weighted by atomic mass is 16.6. The van der Waals surface area contributed by atoms with Gasteiger partial charge in [-0.25, -0.2) is 9.59 Å². The first kappa shape index (κ1) is 20.6. The lowest BCUT2D eigenvalue weighted by Gasteiger charge is -2.28. The van der Waals surface area contributed by atoms with Gasteiger partial charge in [-0.05, 0) is 52.0 Å². The number of likely N-dealkylation sites (tertiary alicyclic amines) is 1. The highest BCUT2D eigenvalue weighted by Gasteiger charge is 2.43. The molecule has 1 aromatic rings. The van der Waals surface area contributed by atoms with Crippen LogP contribution in [0, 0.1) is 0 Å². The van der Waals surface area contributed by atoms with Gasteiger partial charge in [0.2, 0.25) is 0 Å². The van der Waals surface area contributed by atoms with Gasteiger partial charge in [-0.3, -0.25) is 4.90 Å². The Labute approximate surface area is 167 Å². The van der Waals surface area contributed by atoms with Gasteiger partial charge in [0.25, 0.3) is 0 Å². The SMILES string of the molecule is CC(C)(C)OC(=O)N1C[C@H](OCc2ccccc2)CC1C(=O)OC1CCCC1. The van der Waals surface area contributed by atoms with Gasteiger partial charge in [0.15, 0.2) is 0 Å². The van der Waals surface area contributed by atoms with Crippen molar-refractivity contribution in [2.75, 3.05) is 6.54 Å². The Balaban J connectivity index is 1.64. The molecular weight excluding hydrogens is 358 g/mol. The third-order valence-corrected chi connectivity index (χ3v) is 5.08. The fourth-order valence-corrected chi connectivity index (χ4v) is 3.70. The number of rotatable bonds is 5. The zero-order valence-electron chi connectivity index (χ0n) is 17.1. The maximum absolute atomic E-state index is 12.8. The topological polar surface area (TPSA) is 65.1 Å². The highest BCUT2D eigenvalue weighted by Crippen LogP contribution is 2.27. The van der Waals surface area contributed by atoms with E-state index in [1.165, 1.54) is 4.90 Å². The summed E-state index contributed by atoms with van der Waals surface area (Å²) in [7, 11) is 0. The van der Waals surface area contributed by atoms with Crippen LogP contribution in [0.1, 0.15) is 58.4 Å². The number of hydrogen-bond donors (Lipinski definition) is 0. The quantitative estimate of drug-likeness (QED) is 0.711. The number of ether oxygens (including phenoxy) is 3. The summed E-state index contributed by atoms with van der Waals surface area (Å²) in [5.41, 5.74) is 0.434. The van der Waals surface area contributed by atoms with Crippen LogP contribution in [0.25, 0.3) is 0 Å². The Hall–Kier alpha value is -2.08. The molecule has 0 N–H and O–H groups in total. The minimum atomic E-state index is -0.656. The first-order valence-electron chi connectivity index (χ1n) is 10.2. The number of amides is 1. The minimum Gasteiger partial charge on any atom is -0.461 e. The molecule has 2 atom stereocenters. The fourth-order valence-electron chi connectivity index (χ4n) is 3.70. The smallest absolute Gasteiger partial charge is 0.411 e. The Morgan fingerprint density at radius 3 is 2.39 bits per heavy atom. The average molecular weight is 389 g/mol. The van der Waals surface area contributed by atoms with E-state index in [9.17, 15) is 9.59 Å². The summed E-state index contributed by atoms with van der Waals surface area (Å²) in [5.74, 6) is -0.344. The van der Waals surface area contributed by atoms with E-state index in [0.29, 0.717) is 19.6 Å². The first-order valence-corrected chi connectivity index (χ1v) is 10.2. The lowest BCUT2D eigenvalue weighted by atomic mass is 10.2. The second kappa shape index (κ2) is 8.95. The van der Waals surface area contributed by atoms with Crippen LogP contribution in [-0.2, 0) is 25.6 Å². The third kappa shape index (κ3) is 5.71. The van der Waals surface area contributed by atoms with Crippen LogP contribution >= 0.6 is 0 Å². The standard InChI is InChI=1S/C22H31NO5/c1-22(2,3)28-21(25)23-14-18(26-15-16-9-5-4-6-10-16)13-19(23)20(24)27-17-11-7-8-12-17/h4-6,9-10,17-19H,7-8,11-15H2,1-3H3/t18-,19?/m1/s1. The van der Waals surface area contributed by atoms with Gasteiger partial charge < -0.3 is 14.2 Å². The van der Waals surface area contributed by atoms with Gasteiger partial charge in [0.1, 0.15) is 17.7 Å². The Kier molecular flexibility index (Phi) is 6.60. The van der Waals surface area contributed by atoms with Crippen molar-refractivity contribution in [1.82, 2.24) is 4.90 Å². The normalized spacial score (nSPS) is 23.0. The first-order chi connectivity index (χ1) is 13.3. The molecule has 0 spiro atoms. The summed E-state index contributed by atoms with van der Waals surface area (Å²) in [6, 6.07) is 9.21. The zero-order chi connectivity index (χ0) is 20.1. The van der Waals surface area contributed by atoms with Crippen molar-refractivity contribution in [2.24, 2.45) is 0 Å². The maximum Gasteiger partial charge on any atom is 0.411 e. The lowest BCUT2D eigenvalue weighted by molar-refractivity contribution is -0.154. The predicted octanol–water partition coefficient (Wildman–Crippen LogP) is 4.07. The maximum atomic E-state index is 12.8. The molecule has 1 aliphatic carbocycles. The van der Waals surface area contributed by atoms with Gasteiger partial charge in [-0.15, -0.1) is 0 Å². The Morgan fingerprint density at radius 2 is 1.75 bits per heavy atom. The van der Waals surface area contributed by atoms with E-state index in [4.69, 9.17) is 14.2 Å². The van der Waals surface area contributed by atoms with E-state index in [2.05, 4.69) is 0 Å². The van der Waals surface area contributed by atoms with E-state index in [1.807, 2.05) is 51.1 Å². The summed E-state index contributed by atoms with van der Waals surface area (Å²) in [5, 5.41) is 0. The van der Waals surface area contributed by atoms with Gasteiger partial charge in [0, 0.05) is 6.42 Å². The van der Waals surface area contributed by atoms with Crippen LogP contribution in [0.2, 0.25) is 0 Å². The van der Waals surface area contributed by atoms with Gasteiger partial charge in [-0.2, -0.15) is 0 Å². The molecule has 1 aliphatic heterocycles. The molecule has 2 aliphatic rings. The number of esters is 1. The number of carbonyl (C=O) groups excluding carboxylic acids is 2. The summed E-state index contributed by atoms with van der Waals surface area (Å²) in [6.07, 6.45) is 3.65. The van der Waals surface area contributed by atoms with E-state index in [0.717, 1.165) is 31.2 Å². The van der Waals surface area contributed by atoms with Crippen molar-refractivity contribution in [1.29, 1.82) is 0 Å². The van der Waals surface area contributed by atoms with E-state index in [-0.39, 0.29) is 18.2 Å². The van der Waals surface area contributed by atoms with Crippen molar-refractivity contribution in [2.45, 2.75) is 83.3 Å². The predicted molar refractivity (Wildman–Crippen MR) is 105 cm³/mol. The van der Waals surface area contributed by atoms with Crippen LogP contribution in [0.5, 0.6) is 0 Å². The molecule has 6 nitrogen and oxygen atoms in total. The molecule has 0 bridgehead atoms. The van der Waals surface area contributed by atoms with Crippen LogP contribution in [0.4, 0.5) is 4.79 Å². The number of hydrogen-bond acceptors (Lipinski definition) is 5. The number of nitrogens with zero attached hydrogens (tertiary/aromatic N) is 1. The van der Waals surface area contributed by atoms with Crippen LogP contribution < -0.4 is 0 Å². The van der Waals surface area contributed by atoms with Crippen molar-refractivity contribution in [3.8, 4) is 0 Å². The molecule has 1 amide bonds. The summed E-state index contributed by atoms with van der Waals surface area (Å²) in [6.45, 7) is 6.22. The van der Waals surface area contributed by atoms with Crippen LogP contribution in [0.3, 0.4) is 0 Å². The third-order valence-electron chi connectivity index (χ3n) is 5.08. The largest absolute Gasteiger partial charge is 0.461 e. The molecule has 6 heteroatoms. The van der Waals surface area contributed by atoms with E-state index < -0.39 is 17.7 Å². The van der Waals surface area contributed by atoms with Gasteiger partial charge in [0.05, 0.1) is 19.3 Å². The highest BCUT2D eigenvalue weighted by molar-refractivity contribution is 5.82. The molecule has 1 saturated heterocycles. The van der Waals surface area contributed by atoms with Crippen LogP contribution in [-0.4, -0.2) is 47.4 Å². The van der Waals surface area contributed by atoms with E-state index in [1.54, 1.807) is 0 Å². The summed E-state index contributed by atoms with van der Waals surface area (Å²) >= 11 is 0.